The third-order valence-corrected chi connectivity index (χ3v) is 3.69. The molecule has 0 spiro atoms. The number of piperazine rings is 1. The highest BCUT2D eigenvalue weighted by Crippen LogP contribution is 2.14. The highest BCUT2D eigenvalue weighted by Gasteiger charge is 2.21. The smallest absolute Gasteiger partial charge is 0.321 e. The number of carbonyl (C=O) groups excluding carboxylic acids is 1. The Hall–Kier alpha value is -1.73. The fourth-order valence-electron chi connectivity index (χ4n) is 2.29. The van der Waals surface area contributed by atoms with Gasteiger partial charge in [0.2, 0.25) is 0 Å². The van der Waals surface area contributed by atoms with E-state index >= 15 is 0 Å². The van der Waals surface area contributed by atoms with Crippen molar-refractivity contribution < 1.29 is 13.6 Å². The van der Waals surface area contributed by atoms with Crippen molar-refractivity contribution in [2.75, 3.05) is 58.7 Å². The van der Waals surface area contributed by atoms with Crippen LogP contribution in [-0.4, -0.2) is 74.1 Å². The highest BCUT2D eigenvalue weighted by molar-refractivity contribution is 5.89. The number of nitrogens with zero attached hydrogens (tertiary/aromatic N) is 3. The number of hydrogen-bond donors (Lipinski definition) is 1. The van der Waals surface area contributed by atoms with Crippen molar-refractivity contribution in [2.24, 2.45) is 0 Å². The normalized spacial score (nSPS) is 16.1. The lowest BCUT2D eigenvalue weighted by molar-refractivity contribution is 0.140. The Kier molecular flexibility index (Phi) is 5.68. The minimum Gasteiger partial charge on any atom is -0.322 e. The lowest BCUT2D eigenvalue weighted by atomic mass is 10.3. The number of nitrogens with one attached hydrogen (secondary N) is 1. The van der Waals surface area contributed by atoms with Crippen LogP contribution in [0.15, 0.2) is 18.2 Å². The summed E-state index contributed by atoms with van der Waals surface area (Å²) in [6.45, 7) is 4.86. The van der Waals surface area contributed by atoms with Crippen molar-refractivity contribution in [2.45, 2.75) is 0 Å². The molecule has 1 aromatic rings. The standard InChI is InChI=1S/C15H22F2N4O/c1-19(2)5-6-20-7-9-21(10-8-20)15(22)18-12-3-4-13(16)14(17)11-12/h3-4,11H,5-10H2,1-2H3,(H,18,22). The molecule has 1 fully saturated rings. The van der Waals surface area contributed by atoms with Gasteiger partial charge in [0.05, 0.1) is 0 Å². The fourth-order valence-corrected chi connectivity index (χ4v) is 2.29. The first-order chi connectivity index (χ1) is 10.5. The summed E-state index contributed by atoms with van der Waals surface area (Å²) in [7, 11) is 4.07. The third kappa shape index (κ3) is 4.64. The van der Waals surface area contributed by atoms with Gasteiger partial charge in [0.25, 0.3) is 0 Å². The number of likely N-dealkylation sites (N-methyl/N-ethyl adjacent to an activating group) is 1. The summed E-state index contributed by atoms with van der Waals surface area (Å²) in [6, 6.07) is 3.06. The molecule has 1 aliphatic heterocycles. The zero-order valence-electron chi connectivity index (χ0n) is 13.0. The van der Waals surface area contributed by atoms with Crippen LogP contribution in [0.2, 0.25) is 0 Å². The molecule has 0 aromatic heterocycles. The van der Waals surface area contributed by atoms with Crippen molar-refractivity contribution in [3.8, 4) is 0 Å². The van der Waals surface area contributed by atoms with Gasteiger partial charge in [-0.3, -0.25) is 4.90 Å². The van der Waals surface area contributed by atoms with Crippen LogP contribution in [0.5, 0.6) is 0 Å². The van der Waals surface area contributed by atoms with E-state index in [4.69, 9.17) is 0 Å². The summed E-state index contributed by atoms with van der Waals surface area (Å²) in [4.78, 5) is 18.2. The molecule has 5 nitrogen and oxygen atoms in total. The number of urea groups is 1. The van der Waals surface area contributed by atoms with Crippen LogP contribution in [0.25, 0.3) is 0 Å². The van der Waals surface area contributed by atoms with Crippen LogP contribution < -0.4 is 5.32 Å². The number of anilines is 1. The molecular weight excluding hydrogens is 290 g/mol. The van der Waals surface area contributed by atoms with Gasteiger partial charge in [0.15, 0.2) is 11.6 Å². The second-order valence-electron chi connectivity index (χ2n) is 5.69. The lowest BCUT2D eigenvalue weighted by Gasteiger charge is -2.35. The minimum atomic E-state index is -0.966. The molecule has 2 rings (SSSR count). The Bertz CT molecular complexity index is 516. The van der Waals surface area contributed by atoms with E-state index in [-0.39, 0.29) is 11.7 Å². The van der Waals surface area contributed by atoms with Gasteiger partial charge in [0, 0.05) is 51.0 Å². The Labute approximate surface area is 129 Å². The summed E-state index contributed by atoms with van der Waals surface area (Å²) in [5, 5.41) is 2.60. The number of hydrogen-bond acceptors (Lipinski definition) is 3. The van der Waals surface area contributed by atoms with E-state index in [0.717, 1.165) is 38.3 Å². The molecule has 7 heteroatoms. The molecule has 122 valence electrons. The second-order valence-corrected chi connectivity index (χ2v) is 5.69. The van der Waals surface area contributed by atoms with E-state index < -0.39 is 11.6 Å². The summed E-state index contributed by atoms with van der Waals surface area (Å²) in [6.07, 6.45) is 0. The van der Waals surface area contributed by atoms with Gasteiger partial charge >= 0.3 is 6.03 Å². The molecule has 0 unspecified atom stereocenters. The molecule has 0 radical (unpaired) electrons. The first-order valence-corrected chi connectivity index (χ1v) is 7.34. The summed E-state index contributed by atoms with van der Waals surface area (Å²) in [5.74, 6) is -1.89. The molecule has 1 aromatic carbocycles. The predicted molar refractivity (Wildman–Crippen MR) is 81.9 cm³/mol. The van der Waals surface area contributed by atoms with Crippen LogP contribution in [0.3, 0.4) is 0 Å². The largest absolute Gasteiger partial charge is 0.322 e. The van der Waals surface area contributed by atoms with E-state index in [1.165, 1.54) is 6.07 Å². The van der Waals surface area contributed by atoms with E-state index in [1.54, 1.807) is 4.90 Å². The average molecular weight is 312 g/mol. The van der Waals surface area contributed by atoms with Gasteiger partial charge < -0.3 is 15.1 Å². The SMILES string of the molecule is CN(C)CCN1CCN(C(=O)Nc2ccc(F)c(F)c2)CC1. The van der Waals surface area contributed by atoms with E-state index in [2.05, 4.69) is 15.1 Å². The molecular formula is C15H22F2N4O. The monoisotopic (exact) mass is 312 g/mol. The average Bonchev–Trinajstić information content (AvgIpc) is 2.49. The zero-order chi connectivity index (χ0) is 16.1. The number of halogens is 2. The maximum Gasteiger partial charge on any atom is 0.321 e. The molecule has 1 aliphatic rings. The topological polar surface area (TPSA) is 38.8 Å². The molecule has 2 amide bonds. The zero-order valence-corrected chi connectivity index (χ0v) is 13.0. The third-order valence-electron chi connectivity index (χ3n) is 3.69. The molecule has 0 bridgehead atoms. The van der Waals surface area contributed by atoms with Crippen LogP contribution in [0, 0.1) is 11.6 Å². The quantitative estimate of drug-likeness (QED) is 0.919. The Morgan fingerprint density at radius 1 is 1.18 bits per heavy atom. The van der Waals surface area contributed by atoms with Crippen molar-refractivity contribution >= 4 is 11.7 Å². The molecule has 0 aliphatic carbocycles. The van der Waals surface area contributed by atoms with Crippen molar-refractivity contribution in [1.82, 2.24) is 14.7 Å². The maximum absolute atomic E-state index is 13.1. The first-order valence-electron chi connectivity index (χ1n) is 7.34. The van der Waals surface area contributed by atoms with Crippen LogP contribution in [0.1, 0.15) is 0 Å². The summed E-state index contributed by atoms with van der Waals surface area (Å²) < 4.78 is 26.0. The maximum atomic E-state index is 13.1. The molecule has 1 saturated heterocycles. The minimum absolute atomic E-state index is 0.263. The Balaban J connectivity index is 1.81. The van der Waals surface area contributed by atoms with Crippen molar-refractivity contribution in [3.63, 3.8) is 0 Å². The van der Waals surface area contributed by atoms with Crippen molar-refractivity contribution in [1.29, 1.82) is 0 Å². The van der Waals surface area contributed by atoms with Crippen LogP contribution in [-0.2, 0) is 0 Å². The molecule has 22 heavy (non-hydrogen) atoms. The van der Waals surface area contributed by atoms with Gasteiger partial charge in [-0.05, 0) is 26.2 Å². The Morgan fingerprint density at radius 2 is 1.86 bits per heavy atom. The van der Waals surface area contributed by atoms with E-state index in [0.29, 0.717) is 13.1 Å². The van der Waals surface area contributed by atoms with Crippen LogP contribution in [0.4, 0.5) is 19.3 Å². The molecule has 1 N–H and O–H groups in total. The fraction of sp³-hybridized carbons (Fsp3) is 0.533. The van der Waals surface area contributed by atoms with E-state index in [9.17, 15) is 13.6 Å². The number of benzene rings is 1. The number of rotatable bonds is 4. The predicted octanol–water partition coefficient (Wildman–Crippen LogP) is 1.68. The highest BCUT2D eigenvalue weighted by atomic mass is 19.2. The van der Waals surface area contributed by atoms with Gasteiger partial charge in [-0.2, -0.15) is 0 Å². The van der Waals surface area contributed by atoms with Crippen LogP contribution >= 0.6 is 0 Å². The second kappa shape index (κ2) is 7.51. The Morgan fingerprint density at radius 3 is 2.45 bits per heavy atom. The van der Waals surface area contributed by atoms with Gasteiger partial charge in [-0.15, -0.1) is 0 Å². The number of amides is 2. The summed E-state index contributed by atoms with van der Waals surface area (Å²) >= 11 is 0. The van der Waals surface area contributed by atoms with E-state index in [1.807, 2.05) is 14.1 Å². The molecule has 0 atom stereocenters. The lowest BCUT2D eigenvalue weighted by Crippen LogP contribution is -2.51. The molecule has 1 heterocycles. The van der Waals surface area contributed by atoms with Gasteiger partial charge in [-0.25, -0.2) is 13.6 Å². The summed E-state index contributed by atoms with van der Waals surface area (Å²) in [5.41, 5.74) is 0.263. The number of carbonyl (C=O) groups is 1. The molecule has 0 saturated carbocycles. The first kappa shape index (κ1) is 16.6. The van der Waals surface area contributed by atoms with Gasteiger partial charge in [-0.1, -0.05) is 0 Å². The van der Waals surface area contributed by atoms with Gasteiger partial charge in [0.1, 0.15) is 0 Å². The van der Waals surface area contributed by atoms with Crippen molar-refractivity contribution in [3.05, 3.63) is 29.8 Å².